The van der Waals surface area contributed by atoms with Crippen LogP contribution in [0.3, 0.4) is 0 Å². The number of halogens is 2. The standard InChI is InChI=1S/C20H19Cl2N3O4/c21-15-5-3-7-17(19(15)22)29-11-13(26)10-23-18(27)8-9-25-12-24-16-6-2-1-4-14(16)20(25)28/h1-7,12-13,26H,8-11H2,(H,23,27). The van der Waals surface area contributed by atoms with Crippen LogP contribution in [-0.4, -0.2) is 39.8 Å². The molecule has 2 aromatic carbocycles. The van der Waals surface area contributed by atoms with Gasteiger partial charge in [0.05, 0.1) is 22.3 Å². The molecule has 0 aliphatic rings. The van der Waals surface area contributed by atoms with Crippen molar-refractivity contribution in [2.75, 3.05) is 13.2 Å². The monoisotopic (exact) mass is 435 g/mol. The van der Waals surface area contributed by atoms with E-state index in [2.05, 4.69) is 10.3 Å². The van der Waals surface area contributed by atoms with Crippen LogP contribution >= 0.6 is 23.2 Å². The van der Waals surface area contributed by atoms with Crippen molar-refractivity contribution in [3.8, 4) is 5.75 Å². The highest BCUT2D eigenvalue weighted by Gasteiger charge is 2.11. The predicted octanol–water partition coefficient (Wildman–Crippen LogP) is 2.65. The number of ether oxygens (including phenoxy) is 1. The zero-order valence-corrected chi connectivity index (χ0v) is 16.9. The molecule has 0 aliphatic carbocycles. The number of hydrogen-bond donors (Lipinski definition) is 2. The van der Waals surface area contributed by atoms with Crippen LogP contribution in [0.1, 0.15) is 6.42 Å². The van der Waals surface area contributed by atoms with Gasteiger partial charge in [0.25, 0.3) is 5.56 Å². The van der Waals surface area contributed by atoms with Gasteiger partial charge in [-0.15, -0.1) is 0 Å². The summed E-state index contributed by atoms with van der Waals surface area (Å²) in [6.45, 7) is 0.128. The fourth-order valence-corrected chi connectivity index (χ4v) is 2.99. The highest BCUT2D eigenvalue weighted by Crippen LogP contribution is 2.31. The summed E-state index contributed by atoms with van der Waals surface area (Å²) >= 11 is 11.9. The summed E-state index contributed by atoms with van der Waals surface area (Å²) in [5.41, 5.74) is 0.413. The SMILES string of the molecule is O=C(CCn1cnc2ccccc2c1=O)NCC(O)COc1cccc(Cl)c1Cl. The Bertz CT molecular complexity index is 1070. The summed E-state index contributed by atoms with van der Waals surface area (Å²) in [6.07, 6.45) is 0.572. The molecule has 2 N–H and O–H groups in total. The summed E-state index contributed by atoms with van der Waals surface area (Å²) in [6, 6.07) is 12.0. The van der Waals surface area contributed by atoms with E-state index in [1.54, 1.807) is 36.4 Å². The molecular weight excluding hydrogens is 417 g/mol. The molecule has 29 heavy (non-hydrogen) atoms. The fourth-order valence-electron chi connectivity index (χ4n) is 2.65. The van der Waals surface area contributed by atoms with Crippen LogP contribution in [0.5, 0.6) is 5.75 Å². The number of carbonyl (C=O) groups is 1. The molecule has 3 aromatic rings. The number of aryl methyl sites for hydroxylation is 1. The van der Waals surface area contributed by atoms with E-state index in [1.165, 1.54) is 10.9 Å². The average Bonchev–Trinajstić information content (AvgIpc) is 2.73. The molecule has 0 fully saturated rings. The third-order valence-corrected chi connectivity index (χ3v) is 5.00. The third-order valence-electron chi connectivity index (χ3n) is 4.19. The Morgan fingerprint density at radius 3 is 2.83 bits per heavy atom. The van der Waals surface area contributed by atoms with Crippen LogP contribution in [0.15, 0.2) is 53.6 Å². The largest absolute Gasteiger partial charge is 0.489 e. The lowest BCUT2D eigenvalue weighted by atomic mass is 10.2. The summed E-state index contributed by atoms with van der Waals surface area (Å²) < 4.78 is 6.82. The van der Waals surface area contributed by atoms with Gasteiger partial charge < -0.3 is 15.2 Å². The van der Waals surface area contributed by atoms with E-state index in [0.29, 0.717) is 21.7 Å². The van der Waals surface area contributed by atoms with Gasteiger partial charge in [0, 0.05) is 19.5 Å². The number of nitrogens with one attached hydrogen (secondary N) is 1. The average molecular weight is 436 g/mol. The number of aliphatic hydroxyl groups excluding tert-OH is 1. The van der Waals surface area contributed by atoms with E-state index in [9.17, 15) is 14.7 Å². The molecule has 0 radical (unpaired) electrons. The number of para-hydroxylation sites is 1. The molecule has 152 valence electrons. The molecule has 0 aliphatic heterocycles. The number of amides is 1. The minimum atomic E-state index is -0.931. The predicted molar refractivity (Wildman–Crippen MR) is 112 cm³/mol. The molecule has 1 unspecified atom stereocenters. The van der Waals surface area contributed by atoms with Gasteiger partial charge in [-0.05, 0) is 24.3 Å². The topological polar surface area (TPSA) is 93.5 Å². The van der Waals surface area contributed by atoms with Gasteiger partial charge in [-0.3, -0.25) is 14.2 Å². The second-order valence-electron chi connectivity index (χ2n) is 6.33. The number of fused-ring (bicyclic) bond motifs is 1. The van der Waals surface area contributed by atoms with Gasteiger partial charge in [-0.1, -0.05) is 41.4 Å². The van der Waals surface area contributed by atoms with E-state index < -0.39 is 6.10 Å². The summed E-state index contributed by atoms with van der Waals surface area (Å²) in [7, 11) is 0. The second kappa shape index (κ2) is 9.73. The minimum absolute atomic E-state index is 0.00187. The van der Waals surface area contributed by atoms with Gasteiger partial charge in [0.2, 0.25) is 5.91 Å². The minimum Gasteiger partial charge on any atom is -0.489 e. The Balaban J connectivity index is 1.46. The lowest BCUT2D eigenvalue weighted by Gasteiger charge is -2.14. The Morgan fingerprint density at radius 1 is 1.21 bits per heavy atom. The van der Waals surface area contributed by atoms with Crippen LogP contribution < -0.4 is 15.6 Å². The number of aliphatic hydroxyl groups is 1. The Morgan fingerprint density at radius 2 is 2.00 bits per heavy atom. The lowest BCUT2D eigenvalue weighted by Crippen LogP contribution is -2.36. The summed E-state index contributed by atoms with van der Waals surface area (Å²) in [5, 5.41) is 13.7. The Labute approximate surface area is 176 Å². The Hall–Kier alpha value is -2.61. The molecule has 9 heteroatoms. The quantitative estimate of drug-likeness (QED) is 0.567. The second-order valence-corrected chi connectivity index (χ2v) is 7.12. The molecule has 0 spiro atoms. The van der Waals surface area contributed by atoms with E-state index in [-0.39, 0.29) is 42.6 Å². The van der Waals surface area contributed by atoms with Crippen molar-refractivity contribution in [1.82, 2.24) is 14.9 Å². The number of carbonyl (C=O) groups excluding carboxylic acids is 1. The fraction of sp³-hybridized carbons (Fsp3) is 0.250. The molecule has 3 rings (SSSR count). The van der Waals surface area contributed by atoms with E-state index in [4.69, 9.17) is 27.9 Å². The van der Waals surface area contributed by atoms with E-state index >= 15 is 0 Å². The zero-order chi connectivity index (χ0) is 20.8. The van der Waals surface area contributed by atoms with Crippen LogP contribution in [0.25, 0.3) is 10.9 Å². The lowest BCUT2D eigenvalue weighted by molar-refractivity contribution is -0.121. The van der Waals surface area contributed by atoms with Gasteiger partial charge in [-0.2, -0.15) is 0 Å². The first-order chi connectivity index (χ1) is 14.0. The highest BCUT2D eigenvalue weighted by atomic mass is 35.5. The van der Waals surface area contributed by atoms with Crippen molar-refractivity contribution >= 4 is 40.0 Å². The molecule has 1 atom stereocenters. The number of benzene rings is 2. The van der Waals surface area contributed by atoms with Crippen LogP contribution in [0.4, 0.5) is 0 Å². The molecule has 0 saturated heterocycles. The van der Waals surface area contributed by atoms with Crippen molar-refractivity contribution in [3.05, 3.63) is 69.2 Å². The first-order valence-electron chi connectivity index (χ1n) is 8.91. The molecule has 1 heterocycles. The number of rotatable bonds is 8. The third kappa shape index (κ3) is 5.47. The van der Waals surface area contributed by atoms with Gasteiger partial charge >= 0.3 is 0 Å². The van der Waals surface area contributed by atoms with Crippen molar-refractivity contribution in [1.29, 1.82) is 0 Å². The van der Waals surface area contributed by atoms with Crippen LogP contribution in [0.2, 0.25) is 10.0 Å². The molecule has 0 saturated carbocycles. The maximum atomic E-state index is 12.4. The molecule has 0 bridgehead atoms. The van der Waals surface area contributed by atoms with Gasteiger partial charge in [-0.25, -0.2) is 4.98 Å². The Kier molecular flexibility index (Phi) is 7.09. The number of nitrogens with zero attached hydrogens (tertiary/aromatic N) is 2. The van der Waals surface area contributed by atoms with E-state index in [1.807, 2.05) is 6.07 Å². The summed E-state index contributed by atoms with van der Waals surface area (Å²) in [4.78, 5) is 28.6. The number of aromatic nitrogens is 2. The van der Waals surface area contributed by atoms with Crippen molar-refractivity contribution < 1.29 is 14.6 Å². The zero-order valence-electron chi connectivity index (χ0n) is 15.3. The normalized spacial score (nSPS) is 12.0. The highest BCUT2D eigenvalue weighted by molar-refractivity contribution is 6.42. The first-order valence-corrected chi connectivity index (χ1v) is 9.67. The molecule has 1 amide bonds. The summed E-state index contributed by atoms with van der Waals surface area (Å²) in [5.74, 6) is 0.0534. The smallest absolute Gasteiger partial charge is 0.261 e. The van der Waals surface area contributed by atoms with E-state index in [0.717, 1.165) is 0 Å². The van der Waals surface area contributed by atoms with Crippen molar-refractivity contribution in [3.63, 3.8) is 0 Å². The maximum Gasteiger partial charge on any atom is 0.261 e. The van der Waals surface area contributed by atoms with Gasteiger partial charge in [0.1, 0.15) is 23.5 Å². The molecular formula is C20H19Cl2N3O4. The van der Waals surface area contributed by atoms with Gasteiger partial charge in [0.15, 0.2) is 0 Å². The maximum absolute atomic E-state index is 12.4. The molecule has 7 nitrogen and oxygen atoms in total. The van der Waals surface area contributed by atoms with Crippen molar-refractivity contribution in [2.45, 2.75) is 19.1 Å². The van der Waals surface area contributed by atoms with Crippen LogP contribution in [-0.2, 0) is 11.3 Å². The van der Waals surface area contributed by atoms with Crippen molar-refractivity contribution in [2.24, 2.45) is 0 Å². The number of hydrogen-bond acceptors (Lipinski definition) is 5. The first kappa shape index (κ1) is 21.1. The van der Waals surface area contributed by atoms with Crippen LogP contribution in [0, 0.1) is 0 Å². The molecule has 1 aromatic heterocycles.